The number of anilines is 4. The number of benzene rings is 2. The van der Waals surface area contributed by atoms with Gasteiger partial charge < -0.3 is 36.9 Å². The van der Waals surface area contributed by atoms with E-state index in [0.29, 0.717) is 23.2 Å². The van der Waals surface area contributed by atoms with Gasteiger partial charge in [0.15, 0.2) is 0 Å². The van der Waals surface area contributed by atoms with Crippen LogP contribution in [0.4, 0.5) is 23.1 Å². The fourth-order valence-corrected chi connectivity index (χ4v) is 3.77. The standard InChI is InChI=1S/C31H39N9/c1-22(12-11-17-40(5)6)35-26-15-10-16-27(18-26)37-30-29(21-34-31(39-30)38-28(19-32)20-33-4)24(3)36-23(2)25-13-8-7-9-14-25/h7-16,18-21,23,32-33,35-36H,1,3,17H2,2,4-6H3,(H2,34,37,38,39)/b12-11+,28-20+,32-19?. The molecule has 0 aliphatic carbocycles. The maximum atomic E-state index is 7.65. The molecule has 2 aromatic carbocycles. The second kappa shape index (κ2) is 14.9. The van der Waals surface area contributed by atoms with Crippen LogP contribution in [0.5, 0.6) is 0 Å². The molecule has 3 rings (SSSR count). The highest BCUT2D eigenvalue weighted by molar-refractivity contribution is 5.81. The van der Waals surface area contributed by atoms with Crippen LogP contribution in [0.3, 0.4) is 0 Å². The molecule has 40 heavy (non-hydrogen) atoms. The predicted octanol–water partition coefficient (Wildman–Crippen LogP) is 5.71. The van der Waals surface area contributed by atoms with Gasteiger partial charge in [-0.05, 0) is 50.9 Å². The summed E-state index contributed by atoms with van der Waals surface area (Å²) in [7, 11) is 5.81. The number of aromatic nitrogens is 2. The van der Waals surface area contributed by atoms with E-state index in [0.717, 1.165) is 34.7 Å². The van der Waals surface area contributed by atoms with E-state index in [-0.39, 0.29) is 6.04 Å². The molecular weight excluding hydrogens is 498 g/mol. The van der Waals surface area contributed by atoms with Gasteiger partial charge in [0.05, 0.1) is 11.3 Å². The van der Waals surface area contributed by atoms with Crippen molar-refractivity contribution in [2.24, 2.45) is 0 Å². The Hall–Kier alpha value is -4.89. The van der Waals surface area contributed by atoms with Crippen LogP contribution in [-0.2, 0) is 0 Å². The number of likely N-dealkylation sites (N-methyl/N-ethyl adjacent to an activating group) is 1. The lowest BCUT2D eigenvalue weighted by Gasteiger charge is -2.20. The van der Waals surface area contributed by atoms with Crippen LogP contribution in [-0.4, -0.2) is 48.8 Å². The molecule has 1 heterocycles. The fraction of sp³-hybridized carbons (Fsp3) is 0.194. The van der Waals surface area contributed by atoms with E-state index in [2.05, 4.69) is 74.8 Å². The summed E-state index contributed by atoms with van der Waals surface area (Å²) in [6.45, 7) is 11.3. The molecule has 3 aromatic rings. The summed E-state index contributed by atoms with van der Waals surface area (Å²) in [5.74, 6) is 0.903. The molecule has 1 atom stereocenters. The molecule has 0 saturated carbocycles. The lowest BCUT2D eigenvalue weighted by Crippen LogP contribution is -2.18. The van der Waals surface area contributed by atoms with E-state index >= 15 is 0 Å². The maximum Gasteiger partial charge on any atom is 0.229 e. The molecule has 0 amide bonds. The quantitative estimate of drug-likeness (QED) is 0.108. The fourth-order valence-electron chi connectivity index (χ4n) is 3.77. The van der Waals surface area contributed by atoms with E-state index in [4.69, 9.17) is 10.4 Å². The second-order valence-electron chi connectivity index (χ2n) is 9.39. The summed E-state index contributed by atoms with van der Waals surface area (Å²) in [6, 6.07) is 18.1. The van der Waals surface area contributed by atoms with Gasteiger partial charge in [0.2, 0.25) is 5.95 Å². The minimum atomic E-state index is 0.0292. The van der Waals surface area contributed by atoms with Crippen molar-refractivity contribution < 1.29 is 0 Å². The smallest absolute Gasteiger partial charge is 0.229 e. The van der Waals surface area contributed by atoms with Crippen LogP contribution in [0.15, 0.2) is 104 Å². The Morgan fingerprint density at radius 3 is 2.50 bits per heavy atom. The third kappa shape index (κ3) is 9.14. The lowest BCUT2D eigenvalue weighted by molar-refractivity contribution is 0.456. The van der Waals surface area contributed by atoms with E-state index in [9.17, 15) is 0 Å². The van der Waals surface area contributed by atoms with Gasteiger partial charge in [-0.25, -0.2) is 4.98 Å². The molecule has 0 aliphatic heterocycles. The predicted molar refractivity (Wildman–Crippen MR) is 169 cm³/mol. The molecule has 0 radical (unpaired) electrons. The van der Waals surface area contributed by atoms with Gasteiger partial charge in [0, 0.05) is 61.0 Å². The van der Waals surface area contributed by atoms with Crippen LogP contribution in [0.2, 0.25) is 0 Å². The van der Waals surface area contributed by atoms with E-state index in [1.165, 1.54) is 6.21 Å². The van der Waals surface area contributed by atoms with Gasteiger partial charge in [0.1, 0.15) is 5.82 Å². The van der Waals surface area contributed by atoms with Crippen molar-refractivity contribution in [3.05, 3.63) is 115 Å². The maximum absolute atomic E-state index is 7.65. The minimum Gasteiger partial charge on any atom is -0.392 e. The number of hydrogen-bond acceptors (Lipinski definition) is 9. The van der Waals surface area contributed by atoms with Crippen molar-refractivity contribution in [1.29, 1.82) is 5.41 Å². The average Bonchev–Trinajstić information content (AvgIpc) is 2.93. The first-order chi connectivity index (χ1) is 19.3. The molecule has 0 saturated heterocycles. The Balaban J connectivity index is 1.87. The van der Waals surface area contributed by atoms with Gasteiger partial charge in [0.25, 0.3) is 0 Å². The van der Waals surface area contributed by atoms with Crippen LogP contribution >= 0.6 is 0 Å². The summed E-state index contributed by atoms with van der Waals surface area (Å²) < 4.78 is 0. The third-order valence-electron chi connectivity index (χ3n) is 5.74. The number of nitrogens with zero attached hydrogens (tertiary/aromatic N) is 3. The zero-order valence-corrected chi connectivity index (χ0v) is 23.6. The highest BCUT2D eigenvalue weighted by Gasteiger charge is 2.14. The van der Waals surface area contributed by atoms with Crippen LogP contribution in [0.25, 0.3) is 5.70 Å². The Labute approximate surface area is 237 Å². The van der Waals surface area contributed by atoms with E-state index < -0.39 is 0 Å². The molecule has 9 heteroatoms. The SMILES string of the molecule is C=C(/C=C/CN(C)C)Nc1cccc(Nc2nc(N/C(C=N)=C/NC)ncc2C(=C)NC(C)c2ccccc2)c1. The molecule has 6 N–H and O–H groups in total. The zero-order chi connectivity index (χ0) is 28.9. The van der Waals surface area contributed by atoms with E-state index in [1.54, 1.807) is 19.4 Å². The van der Waals surface area contributed by atoms with Crippen LogP contribution in [0, 0.1) is 5.41 Å². The first-order valence-electron chi connectivity index (χ1n) is 13.0. The van der Waals surface area contributed by atoms with Crippen LogP contribution in [0.1, 0.15) is 24.1 Å². The third-order valence-corrected chi connectivity index (χ3v) is 5.74. The van der Waals surface area contributed by atoms with Crippen molar-refractivity contribution in [2.75, 3.05) is 43.6 Å². The molecular formula is C31H39N9. The second-order valence-corrected chi connectivity index (χ2v) is 9.39. The van der Waals surface area contributed by atoms with Crippen molar-refractivity contribution in [3.63, 3.8) is 0 Å². The van der Waals surface area contributed by atoms with Gasteiger partial charge in [-0.3, -0.25) is 0 Å². The Kier molecular flexibility index (Phi) is 11.0. The van der Waals surface area contributed by atoms with Crippen molar-refractivity contribution >= 4 is 35.1 Å². The van der Waals surface area contributed by atoms with E-state index in [1.807, 2.05) is 62.6 Å². The van der Waals surface area contributed by atoms with Gasteiger partial charge >= 0.3 is 0 Å². The summed E-state index contributed by atoms with van der Waals surface area (Å²) in [6.07, 6.45) is 8.58. The Morgan fingerprint density at radius 2 is 1.80 bits per heavy atom. The molecule has 208 valence electrons. The largest absolute Gasteiger partial charge is 0.392 e. The molecule has 0 spiro atoms. The summed E-state index contributed by atoms with van der Waals surface area (Å²) in [5.41, 5.74) is 5.55. The minimum absolute atomic E-state index is 0.0292. The molecule has 1 aromatic heterocycles. The molecule has 1 unspecified atom stereocenters. The first-order valence-corrected chi connectivity index (χ1v) is 13.0. The summed E-state index contributed by atoms with van der Waals surface area (Å²) in [5, 5.41) is 23.8. The highest BCUT2D eigenvalue weighted by atomic mass is 15.2. The number of hydrogen-bond donors (Lipinski definition) is 6. The Bertz CT molecular complexity index is 1360. The molecule has 0 bridgehead atoms. The Morgan fingerprint density at radius 1 is 1.05 bits per heavy atom. The molecule has 0 fully saturated rings. The lowest BCUT2D eigenvalue weighted by atomic mass is 10.1. The normalized spacial score (nSPS) is 12.1. The number of rotatable bonds is 15. The van der Waals surface area contributed by atoms with Gasteiger partial charge in [-0.1, -0.05) is 55.6 Å². The zero-order valence-electron chi connectivity index (χ0n) is 23.6. The summed E-state index contributed by atoms with van der Waals surface area (Å²) >= 11 is 0. The monoisotopic (exact) mass is 537 g/mol. The first kappa shape index (κ1) is 29.7. The molecule has 9 nitrogen and oxygen atoms in total. The van der Waals surface area contributed by atoms with Crippen molar-refractivity contribution in [2.45, 2.75) is 13.0 Å². The average molecular weight is 538 g/mol. The number of allylic oxidation sites excluding steroid dienone is 2. The van der Waals surface area contributed by atoms with Gasteiger partial charge in [-0.2, -0.15) is 4.98 Å². The van der Waals surface area contributed by atoms with Crippen molar-refractivity contribution in [3.8, 4) is 0 Å². The molecule has 0 aliphatic rings. The van der Waals surface area contributed by atoms with Crippen molar-refractivity contribution in [1.82, 2.24) is 25.5 Å². The van der Waals surface area contributed by atoms with Gasteiger partial charge in [-0.15, -0.1) is 0 Å². The topological polar surface area (TPSA) is 113 Å². The van der Waals surface area contributed by atoms with Crippen LogP contribution < -0.4 is 26.6 Å². The summed E-state index contributed by atoms with van der Waals surface area (Å²) in [4.78, 5) is 11.3. The number of nitrogens with one attached hydrogen (secondary N) is 6. The highest BCUT2D eigenvalue weighted by Crippen LogP contribution is 2.27.